The molecule has 1 saturated carbocycles. The highest BCUT2D eigenvalue weighted by atomic mass is 16.5. The van der Waals surface area contributed by atoms with E-state index in [9.17, 15) is 4.79 Å². The maximum Gasteiger partial charge on any atom is 0.253 e. The maximum atomic E-state index is 12.1. The van der Waals surface area contributed by atoms with Gasteiger partial charge in [-0.2, -0.15) is 0 Å². The third kappa shape index (κ3) is 4.28. The van der Waals surface area contributed by atoms with Crippen LogP contribution >= 0.6 is 0 Å². The summed E-state index contributed by atoms with van der Waals surface area (Å²) in [5.41, 5.74) is 1.73. The Labute approximate surface area is 136 Å². The second kappa shape index (κ2) is 7.22. The van der Waals surface area contributed by atoms with Crippen molar-refractivity contribution in [1.82, 2.24) is 15.3 Å². The van der Waals surface area contributed by atoms with E-state index in [1.807, 2.05) is 25.3 Å². The van der Waals surface area contributed by atoms with Crippen molar-refractivity contribution in [1.29, 1.82) is 0 Å². The van der Waals surface area contributed by atoms with Crippen LogP contribution in [0.2, 0.25) is 0 Å². The number of rotatable bonds is 4. The number of hydrogen-bond donors (Lipinski definition) is 1. The van der Waals surface area contributed by atoms with E-state index < -0.39 is 0 Å². The van der Waals surface area contributed by atoms with Gasteiger partial charge < -0.3 is 10.1 Å². The minimum atomic E-state index is -0.0531. The van der Waals surface area contributed by atoms with Crippen LogP contribution in [0.3, 0.4) is 0 Å². The molecule has 5 nitrogen and oxygen atoms in total. The largest absolute Gasteiger partial charge is 0.474 e. The fraction of sp³-hybridized carbons (Fsp3) is 0.389. The second-order valence-electron chi connectivity index (χ2n) is 5.98. The molecule has 23 heavy (non-hydrogen) atoms. The van der Waals surface area contributed by atoms with Gasteiger partial charge in [0.2, 0.25) is 5.88 Å². The van der Waals surface area contributed by atoms with Crippen LogP contribution in [0.4, 0.5) is 0 Å². The zero-order valence-electron chi connectivity index (χ0n) is 13.2. The Hall–Kier alpha value is -2.43. The standard InChI is InChI=1S/C18H21N3O2/c1-13-4-9-17(20-11-13)23-16-7-5-15(6-8-16)21-18(22)14-3-2-10-19-12-14/h2-4,9-12,15-16H,5-8H2,1H3,(H,21,22). The molecule has 0 spiro atoms. The van der Waals surface area contributed by atoms with Crippen LogP contribution < -0.4 is 10.1 Å². The summed E-state index contributed by atoms with van der Waals surface area (Å²) in [5, 5.41) is 3.08. The van der Waals surface area contributed by atoms with Gasteiger partial charge in [-0.05, 0) is 50.3 Å². The molecule has 5 heteroatoms. The van der Waals surface area contributed by atoms with Crippen molar-refractivity contribution in [2.24, 2.45) is 0 Å². The van der Waals surface area contributed by atoms with Crippen molar-refractivity contribution < 1.29 is 9.53 Å². The summed E-state index contributed by atoms with van der Waals surface area (Å²) in [4.78, 5) is 20.4. The first-order valence-electron chi connectivity index (χ1n) is 8.01. The predicted octanol–water partition coefficient (Wildman–Crippen LogP) is 2.91. The van der Waals surface area contributed by atoms with Crippen molar-refractivity contribution in [3.63, 3.8) is 0 Å². The van der Waals surface area contributed by atoms with Crippen LogP contribution in [-0.4, -0.2) is 28.0 Å². The van der Waals surface area contributed by atoms with Crippen LogP contribution in [0.15, 0.2) is 42.9 Å². The molecule has 0 aromatic carbocycles. The SMILES string of the molecule is Cc1ccc(OC2CCC(NC(=O)c3cccnc3)CC2)nc1. The van der Waals surface area contributed by atoms with Crippen molar-refractivity contribution in [3.05, 3.63) is 54.0 Å². The van der Waals surface area contributed by atoms with Crippen LogP contribution in [0, 0.1) is 6.92 Å². The van der Waals surface area contributed by atoms with E-state index in [1.54, 1.807) is 24.5 Å². The monoisotopic (exact) mass is 311 g/mol. The molecule has 1 N–H and O–H groups in total. The summed E-state index contributed by atoms with van der Waals surface area (Å²) in [6, 6.07) is 7.66. The van der Waals surface area contributed by atoms with Crippen LogP contribution in [0.25, 0.3) is 0 Å². The van der Waals surface area contributed by atoms with Crippen LogP contribution in [-0.2, 0) is 0 Å². The lowest BCUT2D eigenvalue weighted by Crippen LogP contribution is -2.39. The molecule has 2 heterocycles. The molecule has 1 amide bonds. The van der Waals surface area contributed by atoms with Crippen LogP contribution in [0.5, 0.6) is 5.88 Å². The highest BCUT2D eigenvalue weighted by molar-refractivity contribution is 5.93. The maximum absolute atomic E-state index is 12.1. The molecular formula is C18H21N3O2. The molecule has 0 bridgehead atoms. The van der Waals surface area contributed by atoms with Gasteiger partial charge in [-0.3, -0.25) is 9.78 Å². The molecule has 3 rings (SSSR count). The number of aromatic nitrogens is 2. The zero-order chi connectivity index (χ0) is 16.1. The summed E-state index contributed by atoms with van der Waals surface area (Å²) >= 11 is 0. The highest BCUT2D eigenvalue weighted by Gasteiger charge is 2.24. The lowest BCUT2D eigenvalue weighted by molar-refractivity contribution is 0.0890. The van der Waals surface area contributed by atoms with Gasteiger partial charge >= 0.3 is 0 Å². The Morgan fingerprint density at radius 2 is 2.00 bits per heavy atom. The Bertz CT molecular complexity index is 635. The van der Waals surface area contributed by atoms with E-state index in [0.29, 0.717) is 11.4 Å². The van der Waals surface area contributed by atoms with Gasteiger partial charge in [0.1, 0.15) is 6.10 Å². The lowest BCUT2D eigenvalue weighted by Gasteiger charge is -2.29. The number of amides is 1. The smallest absolute Gasteiger partial charge is 0.253 e. The molecule has 0 unspecified atom stereocenters. The minimum Gasteiger partial charge on any atom is -0.474 e. The molecule has 1 aliphatic carbocycles. The average Bonchev–Trinajstić information content (AvgIpc) is 2.59. The summed E-state index contributed by atoms with van der Waals surface area (Å²) in [7, 11) is 0. The molecule has 0 aliphatic heterocycles. The van der Waals surface area contributed by atoms with Crippen molar-refractivity contribution in [3.8, 4) is 5.88 Å². The molecule has 0 atom stereocenters. The Morgan fingerprint density at radius 1 is 1.17 bits per heavy atom. The number of hydrogen-bond acceptors (Lipinski definition) is 4. The minimum absolute atomic E-state index is 0.0531. The molecular weight excluding hydrogens is 290 g/mol. The fourth-order valence-corrected chi connectivity index (χ4v) is 2.79. The summed E-state index contributed by atoms with van der Waals surface area (Å²) in [6.45, 7) is 2.01. The van der Waals surface area contributed by atoms with Crippen LogP contribution in [0.1, 0.15) is 41.6 Å². The Morgan fingerprint density at radius 3 is 2.65 bits per heavy atom. The topological polar surface area (TPSA) is 64.1 Å². The Kier molecular flexibility index (Phi) is 4.86. The first kappa shape index (κ1) is 15.5. The molecule has 0 radical (unpaired) electrons. The van der Waals surface area contributed by atoms with Gasteiger partial charge in [0.05, 0.1) is 5.56 Å². The van der Waals surface area contributed by atoms with E-state index in [2.05, 4.69) is 15.3 Å². The number of pyridine rings is 2. The van der Waals surface area contributed by atoms with E-state index in [1.165, 1.54) is 0 Å². The third-order valence-electron chi connectivity index (χ3n) is 4.10. The second-order valence-corrected chi connectivity index (χ2v) is 5.98. The normalized spacial score (nSPS) is 20.7. The van der Waals surface area contributed by atoms with Crippen molar-refractivity contribution in [2.75, 3.05) is 0 Å². The zero-order valence-corrected chi connectivity index (χ0v) is 13.2. The number of nitrogens with one attached hydrogen (secondary N) is 1. The van der Waals surface area contributed by atoms with Gasteiger partial charge in [-0.1, -0.05) is 6.07 Å². The number of nitrogens with zero attached hydrogens (tertiary/aromatic N) is 2. The third-order valence-corrected chi connectivity index (χ3v) is 4.10. The first-order chi connectivity index (χ1) is 11.2. The van der Waals surface area contributed by atoms with Gasteiger partial charge in [0.25, 0.3) is 5.91 Å². The molecule has 120 valence electrons. The number of aryl methyl sites for hydroxylation is 1. The van der Waals surface area contributed by atoms with Crippen molar-refractivity contribution in [2.45, 2.75) is 44.8 Å². The predicted molar refractivity (Wildman–Crippen MR) is 87.3 cm³/mol. The van der Waals surface area contributed by atoms with Gasteiger partial charge in [-0.25, -0.2) is 4.98 Å². The number of carbonyl (C=O) groups is 1. The van der Waals surface area contributed by atoms with Gasteiger partial charge in [0, 0.05) is 30.7 Å². The summed E-state index contributed by atoms with van der Waals surface area (Å²) in [6.07, 6.45) is 8.93. The van der Waals surface area contributed by atoms with E-state index in [0.717, 1.165) is 31.2 Å². The molecule has 1 fully saturated rings. The number of carbonyl (C=O) groups excluding carboxylic acids is 1. The fourth-order valence-electron chi connectivity index (χ4n) is 2.79. The number of ether oxygens (including phenoxy) is 1. The average molecular weight is 311 g/mol. The molecule has 2 aromatic rings. The summed E-state index contributed by atoms with van der Waals surface area (Å²) in [5.74, 6) is 0.626. The van der Waals surface area contributed by atoms with E-state index >= 15 is 0 Å². The van der Waals surface area contributed by atoms with Crippen molar-refractivity contribution >= 4 is 5.91 Å². The molecule has 0 saturated heterocycles. The summed E-state index contributed by atoms with van der Waals surface area (Å²) < 4.78 is 5.91. The van der Waals surface area contributed by atoms with E-state index in [-0.39, 0.29) is 18.1 Å². The quantitative estimate of drug-likeness (QED) is 0.943. The van der Waals surface area contributed by atoms with Gasteiger partial charge in [-0.15, -0.1) is 0 Å². The first-order valence-corrected chi connectivity index (χ1v) is 8.01. The van der Waals surface area contributed by atoms with E-state index in [4.69, 9.17) is 4.74 Å². The molecule has 2 aromatic heterocycles. The highest BCUT2D eigenvalue weighted by Crippen LogP contribution is 2.23. The van der Waals surface area contributed by atoms with Gasteiger partial charge in [0.15, 0.2) is 0 Å². The lowest BCUT2D eigenvalue weighted by atomic mass is 9.92. The molecule has 1 aliphatic rings. The Balaban J connectivity index is 1.47.